The van der Waals surface area contributed by atoms with Gasteiger partial charge in [-0.3, -0.25) is 0 Å². The average Bonchev–Trinajstić information content (AvgIpc) is 2.36. The summed E-state index contributed by atoms with van der Waals surface area (Å²) in [5.41, 5.74) is 9.60. The van der Waals surface area contributed by atoms with Crippen LogP contribution in [0.15, 0.2) is 18.2 Å². The summed E-state index contributed by atoms with van der Waals surface area (Å²) in [6.07, 6.45) is 2.08. The molecule has 0 spiro atoms. The van der Waals surface area contributed by atoms with Gasteiger partial charge in [0.05, 0.1) is 6.61 Å². The maximum Gasteiger partial charge on any atom is 0.0616 e. The van der Waals surface area contributed by atoms with Gasteiger partial charge in [-0.25, -0.2) is 0 Å². The van der Waals surface area contributed by atoms with Crippen molar-refractivity contribution in [2.45, 2.75) is 45.7 Å². The standard InChI is InChI=1S/C16H28N2O/c1-12-7-8-16(13(2)10-12)14(3)18-15(11-19-4)6-5-9-17/h7-8,10,14-15,18H,5-6,9,11,17H2,1-4H3. The molecule has 2 atom stereocenters. The number of nitrogens with one attached hydrogen (secondary N) is 1. The summed E-state index contributed by atoms with van der Waals surface area (Å²) in [6.45, 7) is 7.98. The first-order chi connectivity index (χ1) is 9.08. The van der Waals surface area contributed by atoms with Crippen LogP contribution in [0.1, 0.15) is 42.5 Å². The quantitative estimate of drug-likeness (QED) is 0.759. The van der Waals surface area contributed by atoms with Gasteiger partial charge in [-0.05, 0) is 51.3 Å². The molecule has 1 rings (SSSR count). The van der Waals surface area contributed by atoms with Crippen molar-refractivity contribution < 1.29 is 4.74 Å². The number of benzene rings is 1. The van der Waals surface area contributed by atoms with Crippen molar-refractivity contribution in [3.8, 4) is 0 Å². The Morgan fingerprint density at radius 2 is 2.05 bits per heavy atom. The number of rotatable bonds is 8. The molecular formula is C16H28N2O. The summed E-state index contributed by atoms with van der Waals surface area (Å²) in [7, 11) is 1.75. The summed E-state index contributed by atoms with van der Waals surface area (Å²) in [4.78, 5) is 0. The summed E-state index contributed by atoms with van der Waals surface area (Å²) >= 11 is 0. The van der Waals surface area contributed by atoms with Crippen molar-refractivity contribution in [1.82, 2.24) is 5.32 Å². The molecule has 108 valence electrons. The van der Waals surface area contributed by atoms with Crippen molar-refractivity contribution in [3.63, 3.8) is 0 Å². The number of nitrogens with two attached hydrogens (primary N) is 1. The maximum atomic E-state index is 5.59. The minimum absolute atomic E-state index is 0.332. The molecule has 0 heterocycles. The molecule has 2 unspecified atom stereocenters. The van der Waals surface area contributed by atoms with E-state index in [1.54, 1.807) is 7.11 Å². The van der Waals surface area contributed by atoms with Gasteiger partial charge in [0.25, 0.3) is 0 Å². The van der Waals surface area contributed by atoms with Gasteiger partial charge < -0.3 is 15.8 Å². The topological polar surface area (TPSA) is 47.3 Å². The Labute approximate surface area is 117 Å². The predicted octanol–water partition coefficient (Wildman–Crippen LogP) is 2.71. The molecule has 0 radical (unpaired) electrons. The van der Waals surface area contributed by atoms with Gasteiger partial charge in [-0.1, -0.05) is 23.8 Å². The highest BCUT2D eigenvalue weighted by molar-refractivity contribution is 5.32. The summed E-state index contributed by atoms with van der Waals surface area (Å²) in [5, 5.41) is 3.65. The van der Waals surface area contributed by atoms with Crippen molar-refractivity contribution in [2.24, 2.45) is 5.73 Å². The van der Waals surface area contributed by atoms with Crippen LogP contribution in [-0.4, -0.2) is 26.3 Å². The van der Waals surface area contributed by atoms with E-state index in [4.69, 9.17) is 10.5 Å². The van der Waals surface area contributed by atoms with E-state index < -0.39 is 0 Å². The average molecular weight is 264 g/mol. The number of hydrogen-bond acceptors (Lipinski definition) is 3. The van der Waals surface area contributed by atoms with Crippen LogP contribution in [0, 0.1) is 13.8 Å². The fourth-order valence-electron chi connectivity index (χ4n) is 2.54. The second kappa shape index (κ2) is 8.31. The normalized spacial score (nSPS) is 14.4. The molecule has 0 aliphatic rings. The SMILES string of the molecule is COCC(CCCN)NC(C)c1ccc(C)cc1C. The van der Waals surface area contributed by atoms with E-state index in [0.717, 1.165) is 26.0 Å². The Bertz CT molecular complexity index is 379. The van der Waals surface area contributed by atoms with E-state index in [-0.39, 0.29) is 0 Å². The molecule has 0 fully saturated rings. The summed E-state index contributed by atoms with van der Waals surface area (Å²) in [5.74, 6) is 0. The van der Waals surface area contributed by atoms with Crippen LogP contribution in [-0.2, 0) is 4.74 Å². The minimum Gasteiger partial charge on any atom is -0.383 e. The minimum atomic E-state index is 0.332. The molecule has 0 aromatic heterocycles. The first-order valence-corrected chi connectivity index (χ1v) is 7.10. The van der Waals surface area contributed by atoms with Crippen LogP contribution in [0.5, 0.6) is 0 Å². The van der Waals surface area contributed by atoms with Crippen LogP contribution in [0.3, 0.4) is 0 Å². The number of ether oxygens (including phenoxy) is 1. The lowest BCUT2D eigenvalue weighted by Crippen LogP contribution is -2.35. The second-order valence-electron chi connectivity index (χ2n) is 5.33. The highest BCUT2D eigenvalue weighted by Gasteiger charge is 2.14. The smallest absolute Gasteiger partial charge is 0.0616 e. The van der Waals surface area contributed by atoms with Gasteiger partial charge in [0, 0.05) is 19.2 Å². The molecule has 0 saturated carbocycles. The summed E-state index contributed by atoms with van der Waals surface area (Å²) < 4.78 is 5.28. The largest absolute Gasteiger partial charge is 0.383 e. The molecule has 1 aromatic carbocycles. The Morgan fingerprint density at radius 1 is 1.32 bits per heavy atom. The van der Waals surface area contributed by atoms with Gasteiger partial charge >= 0.3 is 0 Å². The zero-order chi connectivity index (χ0) is 14.3. The molecule has 3 nitrogen and oxygen atoms in total. The van der Waals surface area contributed by atoms with Gasteiger partial charge in [-0.15, -0.1) is 0 Å². The zero-order valence-electron chi connectivity index (χ0n) is 12.7. The third-order valence-electron chi connectivity index (χ3n) is 3.50. The summed E-state index contributed by atoms with van der Waals surface area (Å²) in [6, 6.07) is 7.32. The first-order valence-electron chi connectivity index (χ1n) is 7.10. The Kier molecular flexibility index (Phi) is 7.06. The second-order valence-corrected chi connectivity index (χ2v) is 5.33. The lowest BCUT2D eigenvalue weighted by molar-refractivity contribution is 0.156. The first kappa shape index (κ1) is 16.2. The van der Waals surface area contributed by atoms with Crippen LogP contribution in [0.25, 0.3) is 0 Å². The molecule has 0 aliphatic heterocycles. The molecule has 0 amide bonds. The molecule has 3 heteroatoms. The monoisotopic (exact) mass is 264 g/mol. The number of aryl methyl sites for hydroxylation is 2. The Hall–Kier alpha value is -0.900. The van der Waals surface area contributed by atoms with E-state index in [1.165, 1.54) is 16.7 Å². The van der Waals surface area contributed by atoms with E-state index in [0.29, 0.717) is 12.1 Å². The highest BCUT2D eigenvalue weighted by Crippen LogP contribution is 2.19. The van der Waals surface area contributed by atoms with E-state index in [2.05, 4.69) is 44.3 Å². The van der Waals surface area contributed by atoms with Crippen LogP contribution >= 0.6 is 0 Å². The lowest BCUT2D eigenvalue weighted by atomic mass is 9.99. The predicted molar refractivity (Wildman–Crippen MR) is 81.4 cm³/mol. The van der Waals surface area contributed by atoms with Gasteiger partial charge in [-0.2, -0.15) is 0 Å². The van der Waals surface area contributed by atoms with Crippen molar-refractivity contribution in [3.05, 3.63) is 34.9 Å². The van der Waals surface area contributed by atoms with Crippen molar-refractivity contribution in [1.29, 1.82) is 0 Å². The zero-order valence-corrected chi connectivity index (χ0v) is 12.7. The van der Waals surface area contributed by atoms with Gasteiger partial charge in [0.1, 0.15) is 0 Å². The molecule has 0 bridgehead atoms. The van der Waals surface area contributed by atoms with Crippen LogP contribution < -0.4 is 11.1 Å². The Morgan fingerprint density at radius 3 is 2.63 bits per heavy atom. The number of methoxy groups -OCH3 is 1. The molecule has 3 N–H and O–H groups in total. The van der Waals surface area contributed by atoms with Crippen molar-refractivity contribution in [2.75, 3.05) is 20.3 Å². The Balaban J connectivity index is 2.66. The number of hydrogen-bond donors (Lipinski definition) is 2. The molecular weight excluding hydrogens is 236 g/mol. The third kappa shape index (κ3) is 5.31. The van der Waals surface area contributed by atoms with Gasteiger partial charge in [0.2, 0.25) is 0 Å². The van der Waals surface area contributed by atoms with Gasteiger partial charge in [0.15, 0.2) is 0 Å². The highest BCUT2D eigenvalue weighted by atomic mass is 16.5. The lowest BCUT2D eigenvalue weighted by Gasteiger charge is -2.24. The third-order valence-corrected chi connectivity index (χ3v) is 3.50. The van der Waals surface area contributed by atoms with Crippen molar-refractivity contribution >= 4 is 0 Å². The fourth-order valence-corrected chi connectivity index (χ4v) is 2.54. The molecule has 0 aliphatic carbocycles. The molecule has 1 aromatic rings. The molecule has 0 saturated heterocycles. The molecule has 19 heavy (non-hydrogen) atoms. The van der Waals surface area contributed by atoms with Crippen LogP contribution in [0.2, 0.25) is 0 Å². The van der Waals surface area contributed by atoms with E-state index in [1.807, 2.05) is 0 Å². The maximum absolute atomic E-state index is 5.59. The van der Waals surface area contributed by atoms with E-state index in [9.17, 15) is 0 Å². The van der Waals surface area contributed by atoms with Crippen LogP contribution in [0.4, 0.5) is 0 Å². The fraction of sp³-hybridized carbons (Fsp3) is 0.625. The van der Waals surface area contributed by atoms with E-state index >= 15 is 0 Å².